The highest BCUT2D eigenvalue weighted by Crippen LogP contribution is 2.29. The van der Waals surface area contributed by atoms with E-state index in [4.69, 9.17) is 4.42 Å². The van der Waals surface area contributed by atoms with E-state index in [2.05, 4.69) is 48.8 Å². The Bertz CT molecular complexity index is 1140. The van der Waals surface area contributed by atoms with Gasteiger partial charge < -0.3 is 9.73 Å². The maximum Gasteiger partial charge on any atom is 0.256 e. The van der Waals surface area contributed by atoms with E-state index in [1.807, 2.05) is 67.6 Å². The van der Waals surface area contributed by atoms with Crippen LogP contribution >= 0.6 is 38.5 Å². The Morgan fingerprint density at radius 1 is 1.11 bits per heavy atom. The van der Waals surface area contributed by atoms with E-state index >= 15 is 0 Å². The van der Waals surface area contributed by atoms with Gasteiger partial charge >= 0.3 is 0 Å². The molecule has 134 valence electrons. The largest absolute Gasteiger partial charge is 0.436 e. The smallest absolute Gasteiger partial charge is 0.256 e. The maximum atomic E-state index is 12.7. The van der Waals surface area contributed by atoms with Crippen LogP contribution in [0.1, 0.15) is 15.9 Å². The van der Waals surface area contributed by atoms with Gasteiger partial charge in [0.25, 0.3) is 5.91 Å². The minimum absolute atomic E-state index is 0.168. The first kappa shape index (κ1) is 18.2. The van der Waals surface area contributed by atoms with E-state index in [-0.39, 0.29) is 5.91 Å². The van der Waals surface area contributed by atoms with Crippen molar-refractivity contribution in [1.29, 1.82) is 0 Å². The second-order valence-corrected chi connectivity index (χ2v) is 8.19. The number of nitrogens with zero attached hydrogens (tertiary/aromatic N) is 1. The third-order valence-corrected chi connectivity index (χ3v) is 5.56. The highest BCUT2D eigenvalue weighted by atomic mass is 127. The number of hydrogen-bond donors (Lipinski definition) is 1. The number of oxazole rings is 1. The maximum absolute atomic E-state index is 12.7. The van der Waals surface area contributed by atoms with Crippen molar-refractivity contribution in [3.63, 3.8) is 0 Å². The summed E-state index contributed by atoms with van der Waals surface area (Å²) in [6.07, 6.45) is 0. The van der Waals surface area contributed by atoms with Gasteiger partial charge in [0.15, 0.2) is 5.58 Å². The van der Waals surface area contributed by atoms with Gasteiger partial charge in [0, 0.05) is 19.3 Å². The summed E-state index contributed by atoms with van der Waals surface area (Å²) in [5.41, 5.74) is 4.64. The van der Waals surface area contributed by atoms with Gasteiger partial charge in [-0.1, -0.05) is 18.2 Å². The number of fused-ring (bicyclic) bond motifs is 1. The number of carbonyl (C=O) groups is 1. The highest BCUT2D eigenvalue weighted by molar-refractivity contribution is 14.1. The molecule has 1 amide bonds. The van der Waals surface area contributed by atoms with Gasteiger partial charge in [-0.25, -0.2) is 4.98 Å². The van der Waals surface area contributed by atoms with E-state index in [0.29, 0.717) is 11.5 Å². The molecule has 0 saturated heterocycles. The van der Waals surface area contributed by atoms with Crippen molar-refractivity contribution in [1.82, 2.24) is 4.98 Å². The quantitative estimate of drug-likeness (QED) is 0.310. The van der Waals surface area contributed by atoms with Crippen LogP contribution < -0.4 is 5.32 Å². The van der Waals surface area contributed by atoms with Gasteiger partial charge in [-0.3, -0.25) is 4.79 Å². The van der Waals surface area contributed by atoms with E-state index in [0.717, 1.165) is 36.0 Å². The molecule has 0 unspecified atom stereocenters. The molecular weight excluding hydrogens is 519 g/mol. The summed E-state index contributed by atoms with van der Waals surface area (Å²) >= 11 is 5.64. The Balaban J connectivity index is 1.68. The van der Waals surface area contributed by atoms with Crippen molar-refractivity contribution in [3.8, 4) is 11.5 Å². The molecule has 3 aromatic carbocycles. The molecule has 4 rings (SSSR count). The number of aromatic nitrogens is 1. The van der Waals surface area contributed by atoms with Crippen LogP contribution in [0.4, 0.5) is 5.69 Å². The fourth-order valence-electron chi connectivity index (χ4n) is 2.75. The first-order chi connectivity index (χ1) is 13.0. The lowest BCUT2D eigenvalue weighted by molar-refractivity contribution is 0.102. The molecule has 27 heavy (non-hydrogen) atoms. The van der Waals surface area contributed by atoms with Crippen LogP contribution in [0, 0.1) is 10.5 Å². The van der Waals surface area contributed by atoms with E-state index in [1.54, 1.807) is 0 Å². The number of benzene rings is 3. The van der Waals surface area contributed by atoms with Crippen molar-refractivity contribution in [2.45, 2.75) is 6.92 Å². The lowest BCUT2D eigenvalue weighted by Crippen LogP contribution is -2.13. The molecule has 0 fully saturated rings. The number of rotatable bonds is 3. The molecule has 1 aromatic heterocycles. The first-order valence-corrected chi connectivity index (χ1v) is 10.1. The summed E-state index contributed by atoms with van der Waals surface area (Å²) in [7, 11) is 0. The zero-order chi connectivity index (χ0) is 19.0. The molecule has 0 atom stereocenters. The van der Waals surface area contributed by atoms with Crippen molar-refractivity contribution in [3.05, 3.63) is 79.8 Å². The number of aryl methyl sites for hydroxylation is 1. The third-order valence-electron chi connectivity index (χ3n) is 4.20. The van der Waals surface area contributed by atoms with Gasteiger partial charge in [0.2, 0.25) is 5.89 Å². The van der Waals surface area contributed by atoms with Crippen LogP contribution in [-0.4, -0.2) is 10.9 Å². The Hall–Kier alpha value is -2.19. The zero-order valence-electron chi connectivity index (χ0n) is 14.3. The van der Waals surface area contributed by atoms with Gasteiger partial charge in [0.1, 0.15) is 5.52 Å². The van der Waals surface area contributed by atoms with Crippen LogP contribution in [0.3, 0.4) is 0 Å². The molecule has 0 bridgehead atoms. The molecule has 0 radical (unpaired) electrons. The second kappa shape index (κ2) is 7.44. The molecule has 4 aromatic rings. The van der Waals surface area contributed by atoms with Crippen molar-refractivity contribution in [2.75, 3.05) is 5.32 Å². The van der Waals surface area contributed by atoms with Gasteiger partial charge in [-0.05, 0) is 93.5 Å². The molecule has 4 nitrogen and oxygen atoms in total. The summed E-state index contributed by atoms with van der Waals surface area (Å²) in [5, 5.41) is 3.00. The molecule has 6 heteroatoms. The van der Waals surface area contributed by atoms with Crippen molar-refractivity contribution in [2.24, 2.45) is 0 Å². The minimum atomic E-state index is -0.168. The molecule has 0 saturated carbocycles. The molecule has 0 aliphatic heterocycles. The summed E-state index contributed by atoms with van der Waals surface area (Å²) < 4.78 is 7.60. The molecule has 0 aliphatic rings. The zero-order valence-corrected chi connectivity index (χ0v) is 18.0. The lowest BCUT2D eigenvalue weighted by Gasteiger charge is -2.11. The van der Waals surface area contributed by atoms with Gasteiger partial charge in [0.05, 0.1) is 5.56 Å². The number of nitrogens with one attached hydrogen (secondary N) is 1. The second-order valence-electron chi connectivity index (χ2n) is 6.09. The van der Waals surface area contributed by atoms with E-state index in [9.17, 15) is 4.79 Å². The van der Waals surface area contributed by atoms with Gasteiger partial charge in [-0.2, -0.15) is 0 Å². The Morgan fingerprint density at radius 3 is 2.74 bits per heavy atom. The SMILES string of the molecule is Cc1ccc(-c2nc3ccccc3o2)cc1NC(=O)c1cc(I)ccc1Br. The van der Waals surface area contributed by atoms with Crippen molar-refractivity contribution >= 4 is 61.2 Å². The van der Waals surface area contributed by atoms with E-state index in [1.165, 1.54) is 0 Å². The van der Waals surface area contributed by atoms with Crippen molar-refractivity contribution < 1.29 is 9.21 Å². The van der Waals surface area contributed by atoms with Crippen LogP contribution in [0.5, 0.6) is 0 Å². The summed E-state index contributed by atoms with van der Waals surface area (Å²) in [4.78, 5) is 17.3. The predicted molar refractivity (Wildman–Crippen MR) is 119 cm³/mol. The first-order valence-electron chi connectivity index (χ1n) is 8.24. The average Bonchev–Trinajstić information content (AvgIpc) is 3.09. The van der Waals surface area contributed by atoms with Crippen LogP contribution in [-0.2, 0) is 0 Å². The molecular formula is C21H14BrIN2O2. The summed E-state index contributed by atoms with van der Waals surface area (Å²) in [6, 6.07) is 19.1. The fraction of sp³-hybridized carbons (Fsp3) is 0.0476. The number of carbonyl (C=O) groups excluding carboxylic acids is 1. The van der Waals surface area contributed by atoms with Crippen LogP contribution in [0.2, 0.25) is 0 Å². The topological polar surface area (TPSA) is 55.1 Å². The monoisotopic (exact) mass is 532 g/mol. The number of hydrogen-bond acceptors (Lipinski definition) is 3. The predicted octanol–water partition coefficient (Wildman–Crippen LogP) is 6.42. The Kier molecular flexibility index (Phi) is 5.01. The third kappa shape index (κ3) is 3.77. The Morgan fingerprint density at radius 2 is 1.93 bits per heavy atom. The number of halogens is 2. The molecule has 0 spiro atoms. The highest BCUT2D eigenvalue weighted by Gasteiger charge is 2.14. The summed E-state index contributed by atoms with van der Waals surface area (Å²) in [6.45, 7) is 1.95. The molecule has 0 aliphatic carbocycles. The number of anilines is 1. The minimum Gasteiger partial charge on any atom is -0.436 e. The normalized spacial score (nSPS) is 10.9. The van der Waals surface area contributed by atoms with Crippen LogP contribution in [0.15, 0.2) is 69.6 Å². The molecule has 1 heterocycles. The van der Waals surface area contributed by atoms with Crippen LogP contribution in [0.25, 0.3) is 22.6 Å². The molecule has 1 N–H and O–H groups in total. The number of amides is 1. The standard InChI is InChI=1S/C21H14BrIN2O2/c1-12-6-7-13(21-25-17-4-2-3-5-19(17)27-21)10-18(12)24-20(26)15-11-14(23)8-9-16(15)22/h2-11H,1H3,(H,24,26). The number of para-hydroxylation sites is 2. The van der Waals surface area contributed by atoms with Gasteiger partial charge in [-0.15, -0.1) is 0 Å². The fourth-order valence-corrected chi connectivity index (χ4v) is 3.66. The lowest BCUT2D eigenvalue weighted by atomic mass is 10.1. The summed E-state index contributed by atoms with van der Waals surface area (Å²) in [5.74, 6) is 0.361. The average molecular weight is 533 g/mol. The Labute approximate surface area is 178 Å². The van der Waals surface area contributed by atoms with E-state index < -0.39 is 0 Å².